The Morgan fingerprint density at radius 1 is 1.03 bits per heavy atom. The predicted molar refractivity (Wildman–Crippen MR) is 132 cm³/mol. The number of carbonyl (C=O) groups excluding carboxylic acids is 1. The van der Waals surface area contributed by atoms with E-state index in [2.05, 4.69) is 5.32 Å². The Labute approximate surface area is 203 Å². The summed E-state index contributed by atoms with van der Waals surface area (Å²) in [6.07, 6.45) is 1.49. The number of benzene rings is 3. The van der Waals surface area contributed by atoms with Gasteiger partial charge in [0.15, 0.2) is 0 Å². The Balaban J connectivity index is 1.86. The number of hydrogen-bond acceptors (Lipinski definition) is 4. The van der Waals surface area contributed by atoms with Crippen LogP contribution < -0.4 is 14.8 Å². The van der Waals surface area contributed by atoms with Gasteiger partial charge in [0.05, 0.1) is 17.2 Å². The number of carbonyl (C=O) groups is 1. The summed E-state index contributed by atoms with van der Waals surface area (Å²) in [6.45, 7) is 4.16. The summed E-state index contributed by atoms with van der Waals surface area (Å²) in [5, 5.41) is 13.3. The maximum Gasteiger partial charge on any atom is 0.266 e. The number of anilines is 1. The average Bonchev–Trinajstić information content (AvgIpc) is 2.80. The highest BCUT2D eigenvalue weighted by molar-refractivity contribution is 6.42. The van der Waals surface area contributed by atoms with Gasteiger partial charge in [-0.1, -0.05) is 35.3 Å². The van der Waals surface area contributed by atoms with Crippen molar-refractivity contribution in [3.05, 3.63) is 92.5 Å². The average molecular weight is 481 g/mol. The summed E-state index contributed by atoms with van der Waals surface area (Å²) in [4.78, 5) is 12.7. The molecule has 3 rings (SSSR count). The first kappa shape index (κ1) is 24.2. The fourth-order valence-corrected chi connectivity index (χ4v) is 3.32. The van der Waals surface area contributed by atoms with Crippen LogP contribution in [-0.4, -0.2) is 13.0 Å². The molecule has 0 saturated carbocycles. The number of nitriles is 1. The Morgan fingerprint density at radius 2 is 1.82 bits per heavy atom. The third-order valence-corrected chi connectivity index (χ3v) is 5.77. The van der Waals surface area contributed by atoms with Crippen LogP contribution in [0.25, 0.3) is 6.08 Å². The molecular formula is C26H22Cl2N2O3. The smallest absolute Gasteiger partial charge is 0.266 e. The summed E-state index contributed by atoms with van der Waals surface area (Å²) >= 11 is 12.1. The number of hydrogen-bond donors (Lipinski definition) is 1. The number of amides is 1. The molecule has 3 aromatic rings. The van der Waals surface area contributed by atoms with Crippen molar-refractivity contribution in [2.24, 2.45) is 0 Å². The van der Waals surface area contributed by atoms with E-state index >= 15 is 0 Å². The molecular weight excluding hydrogens is 459 g/mol. The summed E-state index contributed by atoms with van der Waals surface area (Å²) in [7, 11) is 1.55. The molecule has 168 valence electrons. The van der Waals surface area contributed by atoms with Crippen molar-refractivity contribution in [2.75, 3.05) is 12.4 Å². The van der Waals surface area contributed by atoms with Crippen molar-refractivity contribution in [3.8, 4) is 17.6 Å². The van der Waals surface area contributed by atoms with Crippen LogP contribution in [0.4, 0.5) is 5.69 Å². The van der Waals surface area contributed by atoms with Crippen LogP contribution in [0.2, 0.25) is 10.0 Å². The zero-order valence-electron chi connectivity index (χ0n) is 18.4. The van der Waals surface area contributed by atoms with Gasteiger partial charge in [-0.25, -0.2) is 0 Å². The molecule has 0 aliphatic carbocycles. The monoisotopic (exact) mass is 480 g/mol. The van der Waals surface area contributed by atoms with E-state index in [1.807, 2.05) is 38.1 Å². The first-order chi connectivity index (χ1) is 15.8. The molecule has 0 atom stereocenters. The highest BCUT2D eigenvalue weighted by atomic mass is 35.5. The van der Waals surface area contributed by atoms with Crippen molar-refractivity contribution in [1.82, 2.24) is 0 Å². The number of methoxy groups -OCH3 is 1. The van der Waals surface area contributed by atoms with Crippen LogP contribution in [0.3, 0.4) is 0 Å². The third kappa shape index (κ3) is 6.29. The largest absolute Gasteiger partial charge is 0.497 e. The van der Waals surface area contributed by atoms with Gasteiger partial charge in [0.2, 0.25) is 0 Å². The van der Waals surface area contributed by atoms with E-state index in [0.29, 0.717) is 32.8 Å². The van der Waals surface area contributed by atoms with E-state index in [9.17, 15) is 10.1 Å². The highest BCUT2D eigenvalue weighted by Gasteiger charge is 2.13. The number of halogens is 2. The van der Waals surface area contributed by atoms with Crippen LogP contribution in [0.1, 0.15) is 22.3 Å². The maximum absolute atomic E-state index is 12.7. The molecule has 3 aromatic carbocycles. The minimum absolute atomic E-state index is 0.0576. The lowest BCUT2D eigenvalue weighted by Crippen LogP contribution is -2.13. The summed E-state index contributed by atoms with van der Waals surface area (Å²) in [5.41, 5.74) is 4.10. The van der Waals surface area contributed by atoms with Crippen LogP contribution >= 0.6 is 23.2 Å². The second-order valence-corrected chi connectivity index (χ2v) is 8.18. The van der Waals surface area contributed by atoms with Crippen molar-refractivity contribution in [1.29, 1.82) is 5.26 Å². The van der Waals surface area contributed by atoms with E-state index in [1.165, 1.54) is 6.08 Å². The summed E-state index contributed by atoms with van der Waals surface area (Å²) in [6, 6.07) is 17.9. The molecule has 0 fully saturated rings. The van der Waals surface area contributed by atoms with E-state index in [1.54, 1.807) is 43.5 Å². The normalized spacial score (nSPS) is 11.0. The molecule has 1 amide bonds. The topological polar surface area (TPSA) is 71.3 Å². The summed E-state index contributed by atoms with van der Waals surface area (Å²) < 4.78 is 11.3. The molecule has 7 heteroatoms. The third-order valence-electron chi connectivity index (χ3n) is 5.03. The molecule has 0 unspecified atom stereocenters. The molecule has 0 spiro atoms. The van der Waals surface area contributed by atoms with Gasteiger partial charge in [-0.15, -0.1) is 0 Å². The van der Waals surface area contributed by atoms with Crippen molar-refractivity contribution >= 4 is 40.9 Å². The Hall–Kier alpha value is -3.46. The van der Waals surface area contributed by atoms with Crippen LogP contribution in [0.5, 0.6) is 11.5 Å². The maximum atomic E-state index is 12.7. The molecule has 0 saturated heterocycles. The molecule has 0 heterocycles. The van der Waals surface area contributed by atoms with Gasteiger partial charge in [0, 0.05) is 17.3 Å². The van der Waals surface area contributed by atoms with Crippen LogP contribution in [0.15, 0.2) is 60.2 Å². The van der Waals surface area contributed by atoms with Gasteiger partial charge in [-0.2, -0.15) is 5.26 Å². The molecule has 5 nitrogen and oxygen atoms in total. The van der Waals surface area contributed by atoms with Gasteiger partial charge in [-0.3, -0.25) is 4.79 Å². The Bertz CT molecular complexity index is 1260. The highest BCUT2D eigenvalue weighted by Crippen LogP contribution is 2.29. The van der Waals surface area contributed by atoms with E-state index in [4.69, 9.17) is 32.7 Å². The minimum Gasteiger partial charge on any atom is -0.497 e. The second kappa shape index (κ2) is 10.9. The van der Waals surface area contributed by atoms with Gasteiger partial charge < -0.3 is 14.8 Å². The predicted octanol–water partition coefficient (Wildman–Crippen LogP) is 6.74. The fourth-order valence-electron chi connectivity index (χ4n) is 3.00. The first-order valence-electron chi connectivity index (χ1n) is 10.1. The Kier molecular flexibility index (Phi) is 8.00. The van der Waals surface area contributed by atoms with E-state index < -0.39 is 5.91 Å². The van der Waals surface area contributed by atoms with Crippen molar-refractivity contribution < 1.29 is 14.3 Å². The lowest BCUT2D eigenvalue weighted by atomic mass is 10.1. The number of ether oxygens (including phenoxy) is 2. The molecule has 0 aromatic heterocycles. The summed E-state index contributed by atoms with van der Waals surface area (Å²) in [5.74, 6) is 0.522. The van der Waals surface area contributed by atoms with Gasteiger partial charge in [-0.05, 0) is 73.0 Å². The number of nitrogens with one attached hydrogen (secondary N) is 1. The van der Waals surface area contributed by atoms with Crippen LogP contribution in [-0.2, 0) is 11.4 Å². The van der Waals surface area contributed by atoms with E-state index in [-0.39, 0.29) is 12.2 Å². The lowest BCUT2D eigenvalue weighted by molar-refractivity contribution is -0.112. The van der Waals surface area contributed by atoms with Crippen molar-refractivity contribution in [3.63, 3.8) is 0 Å². The molecule has 0 bridgehead atoms. The lowest BCUT2D eigenvalue weighted by Gasteiger charge is -2.12. The van der Waals surface area contributed by atoms with Crippen LogP contribution in [0, 0.1) is 25.2 Å². The van der Waals surface area contributed by atoms with E-state index in [0.717, 1.165) is 16.7 Å². The quantitative estimate of drug-likeness (QED) is 0.300. The second-order valence-electron chi connectivity index (χ2n) is 7.36. The number of rotatable bonds is 7. The van der Waals surface area contributed by atoms with Crippen molar-refractivity contribution in [2.45, 2.75) is 20.5 Å². The minimum atomic E-state index is -0.507. The first-order valence-corrected chi connectivity index (χ1v) is 10.8. The SMILES string of the molecule is COc1ccc(/C=C(\C#N)C(=O)Nc2ccc(C)c(C)c2)c(OCc2ccc(Cl)c(Cl)c2)c1. The molecule has 0 aliphatic rings. The Morgan fingerprint density at radius 3 is 2.48 bits per heavy atom. The van der Waals surface area contributed by atoms with Gasteiger partial charge in [0.25, 0.3) is 5.91 Å². The number of nitrogens with zero attached hydrogens (tertiary/aromatic N) is 1. The fraction of sp³-hybridized carbons (Fsp3) is 0.154. The molecule has 0 radical (unpaired) electrons. The molecule has 33 heavy (non-hydrogen) atoms. The van der Waals surface area contributed by atoms with Gasteiger partial charge >= 0.3 is 0 Å². The zero-order chi connectivity index (χ0) is 24.0. The molecule has 1 N–H and O–H groups in total. The zero-order valence-corrected chi connectivity index (χ0v) is 19.9. The standard InChI is InChI=1S/C26H22Cl2N2O3/c1-16-4-7-21(10-17(16)2)30-26(31)20(14-29)12-19-6-8-22(32-3)13-25(19)33-15-18-5-9-23(27)24(28)11-18/h4-13H,15H2,1-3H3,(H,30,31)/b20-12+. The van der Waals surface area contributed by atoms with Gasteiger partial charge in [0.1, 0.15) is 29.7 Å². The number of aryl methyl sites for hydroxylation is 2. The molecule has 0 aliphatic heterocycles.